The largest absolute Gasteiger partial charge is 0.416 e. The maximum absolute atomic E-state index is 13.0. The Balaban J connectivity index is 2.59. The average molecular weight is 290 g/mol. The fourth-order valence-electron chi connectivity index (χ4n) is 1.71. The molecule has 0 aliphatic carbocycles. The lowest BCUT2D eigenvalue weighted by Gasteiger charge is -2.11. The van der Waals surface area contributed by atoms with E-state index in [0.29, 0.717) is 11.1 Å². The highest BCUT2D eigenvalue weighted by molar-refractivity contribution is 6.29. The number of pyridine rings is 1. The minimum atomic E-state index is -4.50. The molecule has 0 bridgehead atoms. The highest BCUT2D eigenvalue weighted by Crippen LogP contribution is 2.34. The first kappa shape index (κ1) is 13.8. The Labute approximate surface area is 111 Å². The normalized spacial score (nSPS) is 11.7. The monoisotopic (exact) mass is 289 g/mol. The summed E-state index contributed by atoms with van der Waals surface area (Å²) in [4.78, 5) is 3.85. The van der Waals surface area contributed by atoms with Crippen LogP contribution in [0.5, 0.6) is 0 Å². The zero-order valence-corrected chi connectivity index (χ0v) is 10.5. The number of halogens is 5. The van der Waals surface area contributed by atoms with E-state index in [9.17, 15) is 17.6 Å². The Morgan fingerprint density at radius 2 is 1.79 bits per heavy atom. The van der Waals surface area contributed by atoms with Crippen LogP contribution in [0.4, 0.5) is 17.6 Å². The van der Waals surface area contributed by atoms with E-state index in [2.05, 4.69) is 4.98 Å². The molecule has 1 aromatic heterocycles. The quantitative estimate of drug-likeness (QED) is 0.539. The number of hydrogen-bond donors (Lipinski definition) is 0. The third kappa shape index (κ3) is 3.04. The van der Waals surface area contributed by atoms with Crippen molar-refractivity contribution in [2.24, 2.45) is 0 Å². The molecule has 0 atom stereocenters. The van der Waals surface area contributed by atoms with Crippen LogP contribution in [-0.4, -0.2) is 4.98 Å². The van der Waals surface area contributed by atoms with Crippen LogP contribution in [0.25, 0.3) is 11.3 Å². The molecular weight excluding hydrogens is 282 g/mol. The maximum atomic E-state index is 13.0. The molecule has 2 rings (SSSR count). The Bertz CT molecular complexity index is 623. The van der Waals surface area contributed by atoms with Gasteiger partial charge in [-0.15, -0.1) is 0 Å². The van der Waals surface area contributed by atoms with Gasteiger partial charge in [-0.3, -0.25) is 0 Å². The topological polar surface area (TPSA) is 12.9 Å². The third-order valence-electron chi connectivity index (χ3n) is 2.59. The van der Waals surface area contributed by atoms with E-state index >= 15 is 0 Å². The molecule has 0 amide bonds. The van der Waals surface area contributed by atoms with E-state index in [1.165, 1.54) is 12.1 Å². The second kappa shape index (κ2) is 4.81. The van der Waals surface area contributed by atoms with Gasteiger partial charge in [0.15, 0.2) is 0 Å². The van der Waals surface area contributed by atoms with Crippen molar-refractivity contribution in [3.05, 3.63) is 52.4 Å². The second-order valence-electron chi connectivity index (χ2n) is 4.02. The number of rotatable bonds is 1. The molecule has 1 nitrogen and oxygen atoms in total. The highest BCUT2D eigenvalue weighted by Gasteiger charge is 2.31. The van der Waals surface area contributed by atoms with Gasteiger partial charge in [-0.1, -0.05) is 11.6 Å². The van der Waals surface area contributed by atoms with Gasteiger partial charge in [0.2, 0.25) is 0 Å². The summed E-state index contributed by atoms with van der Waals surface area (Å²) in [5.74, 6) is -0.459. The molecule has 1 heterocycles. The van der Waals surface area contributed by atoms with E-state index in [-0.39, 0.29) is 10.8 Å². The standard InChI is InChI=1S/C13H8ClF4N/c1-7-4-9(15)2-3-10(7)11-5-8(13(16,17)18)6-12(14)19-11/h2-6H,1H3. The fraction of sp³-hybridized carbons (Fsp3) is 0.154. The lowest BCUT2D eigenvalue weighted by Crippen LogP contribution is -2.06. The summed E-state index contributed by atoms with van der Waals surface area (Å²) in [5.41, 5.74) is 0.0841. The predicted molar refractivity (Wildman–Crippen MR) is 64.4 cm³/mol. The van der Waals surface area contributed by atoms with Crippen LogP contribution in [0, 0.1) is 12.7 Å². The zero-order valence-electron chi connectivity index (χ0n) is 9.72. The van der Waals surface area contributed by atoms with Gasteiger partial charge in [0.05, 0.1) is 11.3 Å². The maximum Gasteiger partial charge on any atom is 0.416 e. The first-order chi connectivity index (χ1) is 8.77. The molecule has 0 spiro atoms. The molecule has 1 aromatic carbocycles. The number of nitrogens with zero attached hydrogens (tertiary/aromatic N) is 1. The van der Waals surface area contributed by atoms with E-state index < -0.39 is 17.6 Å². The number of benzene rings is 1. The Kier molecular flexibility index (Phi) is 3.49. The molecule has 0 N–H and O–H groups in total. The molecule has 6 heteroatoms. The molecule has 0 aliphatic rings. The van der Waals surface area contributed by atoms with Crippen LogP contribution in [0.15, 0.2) is 30.3 Å². The van der Waals surface area contributed by atoms with Gasteiger partial charge in [-0.05, 0) is 42.8 Å². The predicted octanol–water partition coefficient (Wildman–Crippen LogP) is 4.87. The van der Waals surface area contributed by atoms with Crippen LogP contribution in [0.3, 0.4) is 0 Å². The van der Waals surface area contributed by atoms with Crippen molar-refractivity contribution in [1.82, 2.24) is 4.98 Å². The molecular formula is C13H8ClF4N. The molecule has 0 fully saturated rings. The van der Waals surface area contributed by atoms with Crippen LogP contribution in [0.2, 0.25) is 5.15 Å². The molecule has 0 aliphatic heterocycles. The van der Waals surface area contributed by atoms with Gasteiger partial charge < -0.3 is 0 Å². The van der Waals surface area contributed by atoms with Crippen molar-refractivity contribution in [2.45, 2.75) is 13.1 Å². The van der Waals surface area contributed by atoms with E-state index in [1.807, 2.05) is 0 Å². The van der Waals surface area contributed by atoms with Gasteiger partial charge in [0.1, 0.15) is 11.0 Å². The lowest BCUT2D eigenvalue weighted by molar-refractivity contribution is -0.137. The van der Waals surface area contributed by atoms with E-state index in [4.69, 9.17) is 11.6 Å². The molecule has 0 unspecified atom stereocenters. The first-order valence-corrected chi connectivity index (χ1v) is 5.66. The zero-order chi connectivity index (χ0) is 14.2. The summed E-state index contributed by atoms with van der Waals surface area (Å²) >= 11 is 5.60. The summed E-state index contributed by atoms with van der Waals surface area (Å²) in [6.07, 6.45) is -4.50. The molecule has 0 saturated carbocycles. The van der Waals surface area contributed by atoms with Crippen LogP contribution < -0.4 is 0 Å². The Hall–Kier alpha value is -1.62. The molecule has 0 radical (unpaired) electrons. The molecule has 2 aromatic rings. The number of aromatic nitrogens is 1. The SMILES string of the molecule is Cc1cc(F)ccc1-c1cc(C(F)(F)F)cc(Cl)n1. The van der Waals surface area contributed by atoms with Crippen molar-refractivity contribution in [1.29, 1.82) is 0 Å². The first-order valence-electron chi connectivity index (χ1n) is 5.28. The van der Waals surface area contributed by atoms with Crippen molar-refractivity contribution < 1.29 is 17.6 Å². The van der Waals surface area contributed by atoms with Gasteiger partial charge in [-0.2, -0.15) is 13.2 Å². The minimum absolute atomic E-state index is 0.0670. The summed E-state index contributed by atoms with van der Waals surface area (Å²) in [7, 11) is 0. The summed E-state index contributed by atoms with van der Waals surface area (Å²) in [6.45, 7) is 1.59. The molecule has 19 heavy (non-hydrogen) atoms. The van der Waals surface area contributed by atoms with Crippen molar-refractivity contribution in [2.75, 3.05) is 0 Å². The van der Waals surface area contributed by atoms with Gasteiger partial charge in [-0.25, -0.2) is 9.37 Å². The highest BCUT2D eigenvalue weighted by atomic mass is 35.5. The Morgan fingerprint density at radius 3 is 2.37 bits per heavy atom. The number of aryl methyl sites for hydroxylation is 1. The third-order valence-corrected chi connectivity index (χ3v) is 2.78. The van der Waals surface area contributed by atoms with Gasteiger partial charge in [0.25, 0.3) is 0 Å². The molecule has 100 valence electrons. The summed E-state index contributed by atoms with van der Waals surface area (Å²) < 4.78 is 51.0. The lowest BCUT2D eigenvalue weighted by atomic mass is 10.0. The van der Waals surface area contributed by atoms with Crippen molar-refractivity contribution >= 4 is 11.6 Å². The van der Waals surface area contributed by atoms with Crippen molar-refractivity contribution in [3.8, 4) is 11.3 Å². The van der Waals surface area contributed by atoms with E-state index in [1.54, 1.807) is 6.92 Å². The van der Waals surface area contributed by atoms with Crippen LogP contribution in [-0.2, 0) is 6.18 Å². The molecule has 0 saturated heterocycles. The second-order valence-corrected chi connectivity index (χ2v) is 4.41. The fourth-order valence-corrected chi connectivity index (χ4v) is 1.92. The van der Waals surface area contributed by atoms with E-state index in [0.717, 1.165) is 18.2 Å². The Morgan fingerprint density at radius 1 is 1.11 bits per heavy atom. The smallest absolute Gasteiger partial charge is 0.236 e. The summed E-state index contributed by atoms with van der Waals surface area (Å²) in [6, 6.07) is 5.42. The van der Waals surface area contributed by atoms with Crippen molar-refractivity contribution in [3.63, 3.8) is 0 Å². The van der Waals surface area contributed by atoms with Crippen LogP contribution >= 0.6 is 11.6 Å². The average Bonchev–Trinajstić information content (AvgIpc) is 2.26. The van der Waals surface area contributed by atoms with Crippen LogP contribution in [0.1, 0.15) is 11.1 Å². The summed E-state index contributed by atoms with van der Waals surface area (Å²) in [5, 5.41) is -0.256. The number of alkyl halides is 3. The minimum Gasteiger partial charge on any atom is -0.236 e. The van der Waals surface area contributed by atoms with Gasteiger partial charge in [0, 0.05) is 5.56 Å². The number of hydrogen-bond acceptors (Lipinski definition) is 1. The van der Waals surface area contributed by atoms with Gasteiger partial charge >= 0.3 is 6.18 Å².